The highest BCUT2D eigenvalue weighted by Crippen LogP contribution is 2.25. The number of thiazole rings is 1. The number of hydrogen-bond donors (Lipinski definition) is 2. The van der Waals surface area contributed by atoms with Crippen LogP contribution in [0.5, 0.6) is 0 Å². The van der Waals surface area contributed by atoms with Gasteiger partial charge in [0, 0.05) is 22.9 Å². The second-order valence-corrected chi connectivity index (χ2v) is 6.35. The number of nitrogens with zero attached hydrogens (tertiary/aromatic N) is 1. The summed E-state index contributed by atoms with van der Waals surface area (Å²) in [5, 5.41) is 18.3. The van der Waals surface area contributed by atoms with Crippen molar-refractivity contribution < 1.29 is 14.7 Å². The van der Waals surface area contributed by atoms with Crippen LogP contribution in [0.4, 0.5) is 0 Å². The van der Waals surface area contributed by atoms with Gasteiger partial charge in [-0.2, -0.15) is 11.3 Å². The number of aromatic nitrogens is 1. The zero-order valence-electron chi connectivity index (χ0n) is 11.5. The normalized spacial score (nSPS) is 12.0. The molecule has 0 spiro atoms. The average molecular weight is 324 g/mol. The molecule has 1 amide bonds. The molecule has 2 aromatic rings. The largest absolute Gasteiger partial charge is 0.481 e. The Kier molecular flexibility index (Phi) is 5.46. The number of nitrogens with one attached hydrogen (secondary N) is 1. The molecule has 0 aliphatic carbocycles. The van der Waals surface area contributed by atoms with Crippen molar-refractivity contribution in [3.63, 3.8) is 0 Å². The first-order chi connectivity index (χ1) is 10.1. The van der Waals surface area contributed by atoms with Crippen LogP contribution in [0.25, 0.3) is 10.6 Å². The van der Waals surface area contributed by atoms with Gasteiger partial charge in [0.1, 0.15) is 5.01 Å². The summed E-state index contributed by atoms with van der Waals surface area (Å²) in [6.45, 7) is 2.00. The van der Waals surface area contributed by atoms with Gasteiger partial charge in [0.2, 0.25) is 5.91 Å². The Balaban J connectivity index is 1.79. The van der Waals surface area contributed by atoms with Crippen molar-refractivity contribution in [2.75, 3.05) is 6.54 Å². The predicted octanol–water partition coefficient (Wildman–Crippen LogP) is 2.64. The van der Waals surface area contributed by atoms with E-state index in [1.54, 1.807) is 18.3 Å². The van der Waals surface area contributed by atoms with E-state index in [1.807, 2.05) is 22.2 Å². The molecule has 2 aromatic heterocycles. The van der Waals surface area contributed by atoms with Gasteiger partial charge in [-0.05, 0) is 17.9 Å². The quantitative estimate of drug-likeness (QED) is 0.820. The highest BCUT2D eigenvalue weighted by Gasteiger charge is 2.12. The number of carboxylic acids is 1. The molecule has 0 aromatic carbocycles. The standard InChI is InChI=1S/C14H16N2O3S2/c1-9(14(18)19)2-4-15-12(17)6-11-8-21-13(16-11)10-3-5-20-7-10/h3,5,7-9H,2,4,6H2,1H3,(H,15,17)(H,18,19). The third-order valence-electron chi connectivity index (χ3n) is 2.98. The number of aliphatic carboxylic acids is 1. The zero-order valence-corrected chi connectivity index (χ0v) is 13.2. The van der Waals surface area contributed by atoms with E-state index in [1.165, 1.54) is 11.3 Å². The Morgan fingerprint density at radius 1 is 1.43 bits per heavy atom. The summed E-state index contributed by atoms with van der Waals surface area (Å²) in [5.41, 5.74) is 1.82. The summed E-state index contributed by atoms with van der Waals surface area (Å²) in [4.78, 5) is 26.9. The van der Waals surface area contributed by atoms with Crippen molar-refractivity contribution >= 4 is 34.6 Å². The smallest absolute Gasteiger partial charge is 0.306 e. The molecule has 0 radical (unpaired) electrons. The molecule has 2 heterocycles. The molecule has 112 valence electrons. The summed E-state index contributed by atoms with van der Waals surface area (Å²) < 4.78 is 0. The molecule has 1 atom stereocenters. The second-order valence-electron chi connectivity index (χ2n) is 4.71. The van der Waals surface area contributed by atoms with Gasteiger partial charge < -0.3 is 10.4 Å². The lowest BCUT2D eigenvalue weighted by molar-refractivity contribution is -0.141. The highest BCUT2D eigenvalue weighted by molar-refractivity contribution is 7.14. The van der Waals surface area contributed by atoms with E-state index < -0.39 is 11.9 Å². The van der Waals surface area contributed by atoms with E-state index in [9.17, 15) is 9.59 Å². The number of thiophene rings is 1. The number of carbonyl (C=O) groups excluding carboxylic acids is 1. The predicted molar refractivity (Wildman–Crippen MR) is 83.6 cm³/mol. The van der Waals surface area contributed by atoms with Crippen molar-refractivity contribution in [1.82, 2.24) is 10.3 Å². The molecule has 0 saturated heterocycles. The van der Waals surface area contributed by atoms with Gasteiger partial charge in [-0.1, -0.05) is 6.92 Å². The zero-order chi connectivity index (χ0) is 15.2. The van der Waals surface area contributed by atoms with Gasteiger partial charge in [0.05, 0.1) is 18.0 Å². The summed E-state index contributed by atoms with van der Waals surface area (Å²) in [5.74, 6) is -1.42. The summed E-state index contributed by atoms with van der Waals surface area (Å²) in [6, 6.07) is 2.00. The number of hydrogen-bond acceptors (Lipinski definition) is 5. The molecule has 0 fully saturated rings. The molecular formula is C14H16N2O3S2. The minimum atomic E-state index is -0.843. The molecule has 0 saturated carbocycles. The molecular weight excluding hydrogens is 308 g/mol. The van der Waals surface area contributed by atoms with Crippen LogP contribution in [0.1, 0.15) is 19.0 Å². The molecule has 2 N–H and O–H groups in total. The topological polar surface area (TPSA) is 79.3 Å². The van der Waals surface area contributed by atoms with Crippen molar-refractivity contribution in [2.45, 2.75) is 19.8 Å². The van der Waals surface area contributed by atoms with Crippen molar-refractivity contribution in [2.24, 2.45) is 5.92 Å². The fourth-order valence-electron chi connectivity index (χ4n) is 1.69. The minimum absolute atomic E-state index is 0.130. The number of amides is 1. The first-order valence-electron chi connectivity index (χ1n) is 6.52. The highest BCUT2D eigenvalue weighted by atomic mass is 32.1. The van der Waals surface area contributed by atoms with Crippen LogP contribution in [0.15, 0.2) is 22.2 Å². The number of rotatable bonds is 7. The van der Waals surface area contributed by atoms with E-state index in [-0.39, 0.29) is 12.3 Å². The Labute approximate surface area is 130 Å². The van der Waals surface area contributed by atoms with Gasteiger partial charge in [0.15, 0.2) is 0 Å². The van der Waals surface area contributed by atoms with E-state index in [0.29, 0.717) is 13.0 Å². The first kappa shape index (κ1) is 15.7. The lowest BCUT2D eigenvalue weighted by Crippen LogP contribution is -2.28. The summed E-state index contributed by atoms with van der Waals surface area (Å²) in [7, 11) is 0. The van der Waals surface area contributed by atoms with Crippen molar-refractivity contribution in [3.8, 4) is 10.6 Å². The maximum Gasteiger partial charge on any atom is 0.306 e. The number of carboxylic acid groups (broad SMARTS) is 1. The third kappa shape index (κ3) is 4.64. The molecule has 0 aliphatic heterocycles. The van der Waals surface area contributed by atoms with Crippen molar-refractivity contribution in [3.05, 3.63) is 27.9 Å². The molecule has 1 unspecified atom stereocenters. The maximum atomic E-state index is 11.8. The average Bonchev–Trinajstić information content (AvgIpc) is 3.08. The lowest BCUT2D eigenvalue weighted by Gasteiger charge is -2.07. The van der Waals surface area contributed by atoms with Crippen LogP contribution in [-0.4, -0.2) is 28.5 Å². The Morgan fingerprint density at radius 2 is 2.24 bits per heavy atom. The maximum absolute atomic E-state index is 11.8. The molecule has 2 rings (SSSR count). The van der Waals surface area contributed by atoms with Crippen molar-refractivity contribution in [1.29, 1.82) is 0 Å². The SMILES string of the molecule is CC(CCNC(=O)Cc1csc(-c2ccsc2)n1)C(=O)O. The van der Waals surface area contributed by atoms with E-state index in [4.69, 9.17) is 5.11 Å². The van der Waals surface area contributed by atoms with Gasteiger partial charge in [-0.15, -0.1) is 11.3 Å². The van der Waals surface area contributed by atoms with Gasteiger partial charge in [-0.3, -0.25) is 9.59 Å². The molecule has 0 aliphatic rings. The van der Waals surface area contributed by atoms with E-state index in [0.717, 1.165) is 16.3 Å². The minimum Gasteiger partial charge on any atom is -0.481 e. The van der Waals surface area contributed by atoms with Gasteiger partial charge >= 0.3 is 5.97 Å². The monoisotopic (exact) mass is 324 g/mol. The van der Waals surface area contributed by atoms with Crippen LogP contribution in [-0.2, 0) is 16.0 Å². The Hall–Kier alpha value is -1.73. The molecule has 7 heteroatoms. The molecule has 5 nitrogen and oxygen atoms in total. The third-order valence-corrected chi connectivity index (χ3v) is 4.61. The Morgan fingerprint density at radius 3 is 2.90 bits per heavy atom. The van der Waals surface area contributed by atoms with Gasteiger partial charge in [-0.25, -0.2) is 4.98 Å². The summed E-state index contributed by atoms with van der Waals surface area (Å²) in [6.07, 6.45) is 0.653. The second kappa shape index (κ2) is 7.33. The fourth-order valence-corrected chi connectivity index (χ4v) is 3.22. The molecule has 21 heavy (non-hydrogen) atoms. The molecule has 0 bridgehead atoms. The van der Waals surface area contributed by atoms with Crippen LogP contribution >= 0.6 is 22.7 Å². The Bertz CT molecular complexity index is 608. The number of carbonyl (C=O) groups is 2. The van der Waals surface area contributed by atoms with Crippen LogP contribution in [0.2, 0.25) is 0 Å². The lowest BCUT2D eigenvalue weighted by atomic mass is 10.1. The first-order valence-corrected chi connectivity index (χ1v) is 8.35. The van der Waals surface area contributed by atoms with E-state index >= 15 is 0 Å². The van der Waals surface area contributed by atoms with E-state index in [2.05, 4.69) is 10.3 Å². The van der Waals surface area contributed by atoms with Crippen LogP contribution in [0.3, 0.4) is 0 Å². The van der Waals surface area contributed by atoms with Crippen LogP contribution in [0, 0.1) is 5.92 Å². The fraction of sp³-hybridized carbons (Fsp3) is 0.357. The van der Waals surface area contributed by atoms with Crippen LogP contribution < -0.4 is 5.32 Å². The summed E-state index contributed by atoms with van der Waals surface area (Å²) >= 11 is 3.13. The van der Waals surface area contributed by atoms with Gasteiger partial charge in [0.25, 0.3) is 0 Å².